The van der Waals surface area contributed by atoms with Crippen molar-refractivity contribution in [3.05, 3.63) is 99.4 Å². The topological polar surface area (TPSA) is 107 Å². The number of aliphatic carboxylic acids is 1. The number of benzene rings is 3. The maximum atomic E-state index is 14.2. The molecular formula is C25H20F4N2O5. The lowest BCUT2D eigenvalue weighted by molar-refractivity contribution is -0.402. The maximum absolute atomic E-state index is 14.2. The number of hydrogen-bond acceptors (Lipinski definition) is 5. The summed E-state index contributed by atoms with van der Waals surface area (Å²) in [5, 5.41) is 30.4. The van der Waals surface area contributed by atoms with Crippen LogP contribution < -0.4 is 5.11 Å². The number of non-ortho nitro benzene ring substituents is 1. The number of aromatic hydroxyl groups is 1. The van der Waals surface area contributed by atoms with E-state index in [2.05, 4.69) is 0 Å². The number of nitro benzene ring substituents is 1. The van der Waals surface area contributed by atoms with Crippen molar-refractivity contribution in [3.63, 3.8) is 0 Å². The molecule has 1 unspecified atom stereocenters. The summed E-state index contributed by atoms with van der Waals surface area (Å²) in [6.07, 6.45) is -4.91. The molecule has 0 amide bonds. The third-order valence-electron chi connectivity index (χ3n) is 5.87. The second-order valence-corrected chi connectivity index (χ2v) is 8.30. The van der Waals surface area contributed by atoms with Crippen LogP contribution in [0.5, 0.6) is 5.75 Å². The molecule has 7 nitrogen and oxygen atoms in total. The van der Waals surface area contributed by atoms with Crippen LogP contribution >= 0.6 is 0 Å². The minimum atomic E-state index is -5.19. The van der Waals surface area contributed by atoms with Crippen molar-refractivity contribution < 1.29 is 42.1 Å². The van der Waals surface area contributed by atoms with Crippen molar-refractivity contribution in [2.75, 3.05) is 7.05 Å². The number of nitro groups is 1. The molecule has 0 spiro atoms. The Labute approximate surface area is 202 Å². The SMILES string of the molecule is C[N+]1=C(c2ccccc2)C(C)(Cc2cc([N+](=O)[O-])ccc2O)c2cc(F)ccc21.O=C([O-])C(F)(F)F. The number of carboxylic acids is 1. The van der Waals surface area contributed by atoms with E-state index in [1.807, 2.05) is 48.9 Å². The highest BCUT2D eigenvalue weighted by Gasteiger charge is 2.49. The molecule has 1 N–H and O–H groups in total. The van der Waals surface area contributed by atoms with E-state index in [1.54, 1.807) is 6.07 Å². The predicted octanol–water partition coefficient (Wildman–Crippen LogP) is 4.02. The highest BCUT2D eigenvalue weighted by molar-refractivity contribution is 6.07. The van der Waals surface area contributed by atoms with E-state index < -0.39 is 22.5 Å². The van der Waals surface area contributed by atoms with Crippen LogP contribution in [0, 0.1) is 15.9 Å². The molecule has 1 aliphatic heterocycles. The van der Waals surface area contributed by atoms with Gasteiger partial charge in [-0.1, -0.05) is 18.2 Å². The molecule has 0 aliphatic carbocycles. The van der Waals surface area contributed by atoms with Crippen molar-refractivity contribution in [2.24, 2.45) is 0 Å². The lowest BCUT2D eigenvalue weighted by atomic mass is 9.72. The first kappa shape index (κ1) is 26.3. The van der Waals surface area contributed by atoms with E-state index in [9.17, 15) is 32.8 Å². The van der Waals surface area contributed by atoms with Crippen LogP contribution in [0.25, 0.3) is 0 Å². The molecule has 0 radical (unpaired) electrons. The Bertz CT molecular complexity index is 1360. The Balaban J connectivity index is 0.000000454. The van der Waals surface area contributed by atoms with E-state index in [-0.39, 0.29) is 23.7 Å². The van der Waals surface area contributed by atoms with Gasteiger partial charge in [0.25, 0.3) is 5.69 Å². The Hall–Kier alpha value is -4.28. The van der Waals surface area contributed by atoms with Gasteiger partial charge in [-0.25, -0.2) is 4.39 Å². The van der Waals surface area contributed by atoms with Gasteiger partial charge in [-0.3, -0.25) is 10.1 Å². The predicted molar refractivity (Wildman–Crippen MR) is 120 cm³/mol. The number of phenolic OH excluding ortho intramolecular Hbond substituents is 1. The van der Waals surface area contributed by atoms with Gasteiger partial charge in [-0.2, -0.15) is 17.7 Å². The molecule has 1 atom stereocenters. The molecule has 1 heterocycles. The van der Waals surface area contributed by atoms with Crippen LogP contribution in [0.3, 0.4) is 0 Å². The van der Waals surface area contributed by atoms with Gasteiger partial charge in [0.15, 0.2) is 5.71 Å². The van der Waals surface area contributed by atoms with Crippen LogP contribution in [0.4, 0.5) is 28.9 Å². The van der Waals surface area contributed by atoms with Gasteiger partial charge in [0.2, 0.25) is 5.69 Å². The number of carbonyl (C=O) groups is 1. The summed E-state index contributed by atoms with van der Waals surface area (Å²) in [5.74, 6) is -3.37. The molecule has 11 heteroatoms. The van der Waals surface area contributed by atoms with Crippen LogP contribution in [0.1, 0.15) is 23.6 Å². The fourth-order valence-electron chi connectivity index (χ4n) is 4.36. The van der Waals surface area contributed by atoms with Crippen LogP contribution in [0.15, 0.2) is 66.7 Å². The number of alkyl halides is 3. The average molecular weight is 504 g/mol. The molecule has 1 aliphatic rings. The van der Waals surface area contributed by atoms with Gasteiger partial charge in [0.05, 0.1) is 10.3 Å². The zero-order chi connectivity index (χ0) is 26.8. The Morgan fingerprint density at radius 3 is 2.25 bits per heavy atom. The number of carboxylic acid groups (broad SMARTS) is 1. The average Bonchev–Trinajstić information content (AvgIpc) is 3.01. The summed E-state index contributed by atoms with van der Waals surface area (Å²) >= 11 is 0. The number of hydrogen-bond donors (Lipinski definition) is 1. The van der Waals surface area contributed by atoms with Gasteiger partial charge < -0.3 is 15.0 Å². The second-order valence-electron chi connectivity index (χ2n) is 8.30. The number of carbonyl (C=O) groups excluding carboxylic acids is 1. The highest BCUT2D eigenvalue weighted by atomic mass is 19.4. The number of fused-ring (bicyclic) bond motifs is 1. The molecule has 4 rings (SSSR count). The largest absolute Gasteiger partial charge is 0.542 e. The second kappa shape index (κ2) is 9.76. The molecule has 0 saturated carbocycles. The van der Waals surface area contributed by atoms with E-state index in [1.165, 1.54) is 30.3 Å². The minimum absolute atomic E-state index is 0.0169. The van der Waals surface area contributed by atoms with Gasteiger partial charge in [-0.15, -0.1) is 0 Å². The summed E-state index contributed by atoms with van der Waals surface area (Å²) in [6, 6.07) is 18.4. The van der Waals surface area contributed by atoms with Crippen molar-refractivity contribution in [1.82, 2.24) is 0 Å². The van der Waals surface area contributed by atoms with Crippen LogP contribution in [0.2, 0.25) is 0 Å². The molecule has 3 aromatic rings. The first-order valence-corrected chi connectivity index (χ1v) is 10.5. The smallest absolute Gasteiger partial charge is 0.430 e. The Morgan fingerprint density at radius 2 is 1.69 bits per heavy atom. The molecule has 36 heavy (non-hydrogen) atoms. The molecule has 0 fully saturated rings. The van der Waals surface area contributed by atoms with Crippen molar-refractivity contribution >= 4 is 23.1 Å². The zero-order valence-electron chi connectivity index (χ0n) is 19.0. The minimum Gasteiger partial charge on any atom is -0.542 e. The third kappa shape index (κ3) is 5.19. The standard InChI is InChI=1S/C23H19FN2O3.C2HF3O2/c1-23(14-16-12-18(26(28)29)9-11-21(16)27)19-13-17(24)8-10-20(19)25(2)22(23)15-6-4-3-5-7-15;3-2(4,5)1(6)7/h3-13H,14H2,1-2H3;(H,6,7). The normalized spacial score (nSPS) is 16.7. The van der Waals surface area contributed by atoms with E-state index >= 15 is 0 Å². The first-order valence-electron chi connectivity index (χ1n) is 10.5. The lowest BCUT2D eigenvalue weighted by Gasteiger charge is -2.24. The van der Waals surface area contributed by atoms with Gasteiger partial charge >= 0.3 is 6.18 Å². The fourth-order valence-corrected chi connectivity index (χ4v) is 4.36. The van der Waals surface area contributed by atoms with E-state index in [0.29, 0.717) is 5.56 Å². The zero-order valence-corrected chi connectivity index (χ0v) is 19.0. The Kier molecular flexibility index (Phi) is 7.14. The summed E-state index contributed by atoms with van der Waals surface area (Å²) in [6.45, 7) is 1.98. The van der Waals surface area contributed by atoms with Crippen LogP contribution in [-0.4, -0.2) is 39.5 Å². The maximum Gasteiger partial charge on any atom is 0.430 e. The van der Waals surface area contributed by atoms with E-state index in [4.69, 9.17) is 9.90 Å². The van der Waals surface area contributed by atoms with Gasteiger partial charge in [0, 0.05) is 34.9 Å². The first-order chi connectivity index (χ1) is 16.8. The molecule has 0 saturated heterocycles. The molecule has 0 bridgehead atoms. The van der Waals surface area contributed by atoms with Crippen LogP contribution in [-0.2, 0) is 16.6 Å². The quantitative estimate of drug-likeness (QED) is 0.250. The van der Waals surface area contributed by atoms with Crippen molar-refractivity contribution in [2.45, 2.75) is 24.9 Å². The summed E-state index contributed by atoms with van der Waals surface area (Å²) in [4.78, 5) is 19.5. The van der Waals surface area contributed by atoms with Crippen molar-refractivity contribution in [3.8, 4) is 5.75 Å². The number of phenols is 1. The lowest BCUT2D eigenvalue weighted by Crippen LogP contribution is -2.37. The summed E-state index contributed by atoms with van der Waals surface area (Å²) < 4.78 is 47.8. The highest BCUT2D eigenvalue weighted by Crippen LogP contribution is 2.45. The molecule has 3 aromatic carbocycles. The van der Waals surface area contributed by atoms with Gasteiger partial charge in [0.1, 0.15) is 24.6 Å². The monoisotopic (exact) mass is 504 g/mol. The number of nitrogens with zero attached hydrogens (tertiary/aromatic N) is 2. The Morgan fingerprint density at radius 1 is 1.08 bits per heavy atom. The molecule has 188 valence electrons. The van der Waals surface area contributed by atoms with Crippen molar-refractivity contribution in [1.29, 1.82) is 0 Å². The fraction of sp³-hybridized carbons (Fsp3) is 0.200. The third-order valence-corrected chi connectivity index (χ3v) is 5.87. The van der Waals surface area contributed by atoms with E-state index in [0.717, 1.165) is 22.5 Å². The number of halogens is 4. The summed E-state index contributed by atoms with van der Waals surface area (Å²) in [7, 11) is 1.93. The van der Waals surface area contributed by atoms with Gasteiger partial charge in [-0.05, 0) is 43.7 Å². The number of rotatable bonds is 4. The molecule has 0 aromatic heterocycles. The summed E-state index contributed by atoms with van der Waals surface area (Å²) in [5.41, 5.74) is 3.24. The molecular weight excluding hydrogens is 484 g/mol.